The van der Waals surface area contributed by atoms with Crippen LogP contribution >= 0.6 is 23.2 Å². The molecular weight excluding hydrogens is 429 g/mol. The summed E-state index contributed by atoms with van der Waals surface area (Å²) in [5.74, 6) is -1.58. The molecule has 0 radical (unpaired) electrons. The Hall–Kier alpha value is -2.77. The molecule has 1 atom stereocenters. The van der Waals surface area contributed by atoms with E-state index in [9.17, 15) is 14.4 Å². The van der Waals surface area contributed by atoms with E-state index in [1.165, 1.54) is 0 Å². The first-order chi connectivity index (χ1) is 14.3. The van der Waals surface area contributed by atoms with Gasteiger partial charge < -0.3 is 21.1 Å². The largest absolute Gasteiger partial charge is 0.464 e. The van der Waals surface area contributed by atoms with Gasteiger partial charge in [-0.1, -0.05) is 47.5 Å². The summed E-state index contributed by atoms with van der Waals surface area (Å²) >= 11 is 12.4. The van der Waals surface area contributed by atoms with Crippen LogP contribution in [0.4, 0.5) is 11.4 Å². The van der Waals surface area contributed by atoms with Crippen molar-refractivity contribution in [2.24, 2.45) is 5.73 Å². The zero-order chi connectivity index (χ0) is 22.1. The third-order valence-corrected chi connectivity index (χ3v) is 4.81. The van der Waals surface area contributed by atoms with Crippen LogP contribution in [0.1, 0.15) is 25.3 Å². The summed E-state index contributed by atoms with van der Waals surface area (Å²) in [4.78, 5) is 35.8. The molecule has 160 valence electrons. The molecule has 2 aromatic rings. The van der Waals surface area contributed by atoms with Crippen molar-refractivity contribution >= 4 is 52.4 Å². The number of hydrogen-bond acceptors (Lipinski definition) is 5. The highest BCUT2D eigenvalue weighted by Crippen LogP contribution is 2.33. The van der Waals surface area contributed by atoms with Crippen LogP contribution in [-0.4, -0.2) is 30.4 Å². The topological polar surface area (TPSA) is 111 Å². The number of amides is 2. The molecule has 0 spiro atoms. The Kier molecular flexibility index (Phi) is 8.95. The van der Waals surface area contributed by atoms with E-state index in [1.807, 2.05) is 6.07 Å². The third kappa shape index (κ3) is 6.93. The van der Waals surface area contributed by atoms with Crippen molar-refractivity contribution in [3.05, 3.63) is 58.1 Å². The fourth-order valence-corrected chi connectivity index (χ4v) is 3.24. The molecule has 9 heteroatoms. The number of esters is 1. The van der Waals surface area contributed by atoms with Crippen molar-refractivity contribution in [3.8, 4) is 0 Å². The van der Waals surface area contributed by atoms with E-state index in [2.05, 4.69) is 10.6 Å². The molecule has 2 rings (SSSR count). The standard InChI is InChI=1S/C21H23Cl2N3O4/c1-2-30-21(29)17(10-11-18(24)27)25-19(28)12-13-6-3-4-9-16(13)26-20-14(22)7-5-8-15(20)23/h3-9,17,26H,2,10-12H2,1H3,(H2,24,27)(H,25,28)/t17-/m1/s1. The van der Waals surface area contributed by atoms with Crippen LogP contribution in [0.15, 0.2) is 42.5 Å². The van der Waals surface area contributed by atoms with Crippen molar-refractivity contribution in [2.45, 2.75) is 32.2 Å². The summed E-state index contributed by atoms with van der Waals surface area (Å²) in [6, 6.07) is 11.3. The van der Waals surface area contributed by atoms with E-state index in [1.54, 1.807) is 43.3 Å². The van der Waals surface area contributed by atoms with Crippen LogP contribution < -0.4 is 16.4 Å². The summed E-state index contributed by atoms with van der Waals surface area (Å²) in [6.45, 7) is 1.82. The van der Waals surface area contributed by atoms with Crippen LogP contribution in [0.3, 0.4) is 0 Å². The normalized spacial score (nSPS) is 11.4. The van der Waals surface area contributed by atoms with Crippen LogP contribution in [0, 0.1) is 0 Å². The predicted octanol–water partition coefficient (Wildman–Crippen LogP) is 3.59. The van der Waals surface area contributed by atoms with Crippen LogP contribution in [0.2, 0.25) is 10.0 Å². The lowest BCUT2D eigenvalue weighted by atomic mass is 10.1. The maximum absolute atomic E-state index is 12.6. The van der Waals surface area contributed by atoms with E-state index >= 15 is 0 Å². The van der Waals surface area contributed by atoms with Gasteiger partial charge in [-0.25, -0.2) is 4.79 Å². The Balaban J connectivity index is 2.14. The summed E-state index contributed by atoms with van der Waals surface area (Å²) < 4.78 is 4.97. The Labute approximate surface area is 184 Å². The second-order valence-corrected chi connectivity index (χ2v) is 7.25. The number of nitrogens with two attached hydrogens (primary N) is 1. The summed E-state index contributed by atoms with van der Waals surface area (Å²) in [5, 5.41) is 6.65. The van der Waals surface area contributed by atoms with Crippen LogP contribution in [0.5, 0.6) is 0 Å². The number of carbonyl (C=O) groups excluding carboxylic acids is 3. The number of rotatable bonds is 10. The highest BCUT2D eigenvalue weighted by atomic mass is 35.5. The van der Waals surface area contributed by atoms with Gasteiger partial charge >= 0.3 is 5.97 Å². The Morgan fingerprint density at radius 1 is 1.07 bits per heavy atom. The number of benzene rings is 2. The average molecular weight is 452 g/mol. The number of ether oxygens (including phenoxy) is 1. The molecule has 0 aliphatic rings. The monoisotopic (exact) mass is 451 g/mol. The van der Waals surface area contributed by atoms with E-state index < -0.39 is 23.8 Å². The van der Waals surface area contributed by atoms with Gasteiger partial charge in [0.1, 0.15) is 6.04 Å². The molecule has 0 fully saturated rings. The lowest BCUT2D eigenvalue weighted by Crippen LogP contribution is -2.43. The molecule has 0 unspecified atom stereocenters. The maximum atomic E-state index is 12.6. The number of halogens is 2. The first-order valence-electron chi connectivity index (χ1n) is 9.35. The van der Waals surface area contributed by atoms with Crippen molar-refractivity contribution in [1.82, 2.24) is 5.32 Å². The number of nitrogens with one attached hydrogen (secondary N) is 2. The average Bonchev–Trinajstić information content (AvgIpc) is 2.69. The molecule has 7 nitrogen and oxygen atoms in total. The smallest absolute Gasteiger partial charge is 0.328 e. The Bertz CT molecular complexity index is 901. The number of para-hydroxylation sites is 2. The first-order valence-corrected chi connectivity index (χ1v) is 10.1. The minimum absolute atomic E-state index is 0.0161. The van der Waals surface area contributed by atoms with Crippen molar-refractivity contribution in [3.63, 3.8) is 0 Å². The minimum atomic E-state index is -0.955. The molecule has 0 aliphatic carbocycles. The molecule has 0 aliphatic heterocycles. The minimum Gasteiger partial charge on any atom is -0.464 e. The van der Waals surface area contributed by atoms with Gasteiger partial charge in [0.15, 0.2) is 0 Å². The van der Waals surface area contributed by atoms with Crippen molar-refractivity contribution in [1.29, 1.82) is 0 Å². The van der Waals surface area contributed by atoms with Gasteiger partial charge in [-0.3, -0.25) is 9.59 Å². The fourth-order valence-electron chi connectivity index (χ4n) is 2.75. The van der Waals surface area contributed by atoms with Gasteiger partial charge in [-0.15, -0.1) is 0 Å². The predicted molar refractivity (Wildman–Crippen MR) is 117 cm³/mol. The number of anilines is 2. The molecule has 2 amide bonds. The maximum Gasteiger partial charge on any atom is 0.328 e. The summed E-state index contributed by atoms with van der Waals surface area (Å²) in [7, 11) is 0. The summed E-state index contributed by atoms with van der Waals surface area (Å²) in [6.07, 6.45) is -0.000332. The molecule has 0 saturated heterocycles. The fraction of sp³-hybridized carbons (Fsp3) is 0.286. The quantitative estimate of drug-likeness (QED) is 0.477. The molecule has 4 N–H and O–H groups in total. The van der Waals surface area contributed by atoms with Gasteiger partial charge in [0, 0.05) is 12.1 Å². The lowest BCUT2D eigenvalue weighted by Gasteiger charge is -2.18. The van der Waals surface area contributed by atoms with Gasteiger partial charge in [-0.2, -0.15) is 0 Å². The highest BCUT2D eigenvalue weighted by molar-refractivity contribution is 6.39. The molecule has 0 saturated carbocycles. The molecule has 0 aromatic heterocycles. The Morgan fingerprint density at radius 3 is 2.37 bits per heavy atom. The van der Waals surface area contributed by atoms with Gasteiger partial charge in [-0.05, 0) is 37.1 Å². The zero-order valence-electron chi connectivity index (χ0n) is 16.4. The second-order valence-electron chi connectivity index (χ2n) is 6.43. The van der Waals surface area contributed by atoms with Crippen molar-refractivity contribution < 1.29 is 19.1 Å². The molecular formula is C21H23Cl2N3O4. The number of hydrogen-bond donors (Lipinski definition) is 3. The molecule has 0 heterocycles. The molecule has 2 aromatic carbocycles. The number of carbonyl (C=O) groups is 3. The van der Waals surface area contributed by atoms with Gasteiger partial charge in [0.2, 0.25) is 11.8 Å². The van der Waals surface area contributed by atoms with E-state index in [0.717, 1.165) is 0 Å². The third-order valence-electron chi connectivity index (χ3n) is 4.18. The first kappa shape index (κ1) is 23.5. The lowest BCUT2D eigenvalue weighted by molar-refractivity contribution is -0.147. The molecule has 0 bridgehead atoms. The van der Waals surface area contributed by atoms with Gasteiger partial charge in [0.25, 0.3) is 0 Å². The van der Waals surface area contributed by atoms with Crippen LogP contribution in [0.25, 0.3) is 0 Å². The zero-order valence-corrected chi connectivity index (χ0v) is 17.9. The van der Waals surface area contributed by atoms with E-state index in [0.29, 0.717) is 27.0 Å². The van der Waals surface area contributed by atoms with Gasteiger partial charge in [0.05, 0.1) is 28.8 Å². The van der Waals surface area contributed by atoms with Crippen molar-refractivity contribution in [2.75, 3.05) is 11.9 Å². The van der Waals surface area contributed by atoms with E-state index in [-0.39, 0.29) is 25.9 Å². The number of primary amides is 1. The SMILES string of the molecule is CCOC(=O)[C@@H](CCC(N)=O)NC(=O)Cc1ccccc1Nc1c(Cl)cccc1Cl. The second kappa shape index (κ2) is 11.4. The Morgan fingerprint density at radius 2 is 1.73 bits per heavy atom. The van der Waals surface area contributed by atoms with Crippen LogP contribution in [-0.2, 0) is 25.5 Å². The highest BCUT2D eigenvalue weighted by Gasteiger charge is 2.23. The van der Waals surface area contributed by atoms with E-state index in [4.69, 9.17) is 33.7 Å². The summed E-state index contributed by atoms with van der Waals surface area (Å²) in [5.41, 5.74) is 7.00. The molecule has 30 heavy (non-hydrogen) atoms.